The monoisotopic (exact) mass is 144 g/mol. The van der Waals surface area contributed by atoms with E-state index < -0.39 is 5.91 Å². The van der Waals surface area contributed by atoms with E-state index in [1.165, 1.54) is 7.05 Å². The van der Waals surface area contributed by atoms with Gasteiger partial charge in [0.15, 0.2) is 0 Å². The van der Waals surface area contributed by atoms with E-state index >= 15 is 0 Å². The van der Waals surface area contributed by atoms with Crippen LogP contribution < -0.4 is 16.4 Å². The minimum atomic E-state index is -0.422. The van der Waals surface area contributed by atoms with Gasteiger partial charge in [0.05, 0.1) is 6.67 Å². The van der Waals surface area contributed by atoms with Crippen LogP contribution in [0.25, 0.3) is 0 Å². The van der Waals surface area contributed by atoms with Gasteiger partial charge in [-0.15, -0.1) is 0 Å². The van der Waals surface area contributed by atoms with Gasteiger partial charge in [-0.2, -0.15) is 0 Å². The van der Waals surface area contributed by atoms with Crippen molar-refractivity contribution in [2.45, 2.75) is 6.42 Å². The van der Waals surface area contributed by atoms with Gasteiger partial charge in [-0.25, -0.2) is 5.73 Å². The Labute approximate surface area is 59.0 Å². The Morgan fingerprint density at radius 1 is 1.40 bits per heavy atom. The molecule has 0 saturated heterocycles. The van der Waals surface area contributed by atoms with Crippen molar-refractivity contribution >= 4 is 11.8 Å². The standard InChI is InChI=1S/C5H10N3O2/c1-7-4(9)2-5(10)8-3-6/h6H,2-3H2,1H3,(H,7,9)(H,8,10). The maximum absolute atomic E-state index is 10.5. The Bertz CT molecular complexity index is 135. The minimum Gasteiger partial charge on any atom is -0.359 e. The number of carbonyl (C=O) groups is 2. The molecule has 5 nitrogen and oxygen atoms in total. The Kier molecular flexibility index (Phi) is 4.23. The van der Waals surface area contributed by atoms with Crippen LogP contribution in [0.5, 0.6) is 0 Å². The van der Waals surface area contributed by atoms with Crippen LogP contribution in [-0.4, -0.2) is 25.5 Å². The van der Waals surface area contributed by atoms with E-state index in [9.17, 15) is 9.59 Å². The molecule has 0 aromatic rings. The minimum absolute atomic E-state index is 0.185. The third-order valence-corrected chi connectivity index (χ3v) is 0.886. The normalized spacial score (nSPS) is 8.60. The molecule has 57 valence electrons. The summed E-state index contributed by atoms with van der Waals surface area (Å²) >= 11 is 0. The predicted octanol–water partition coefficient (Wildman–Crippen LogP) is -1.52. The molecule has 0 aromatic carbocycles. The molecular formula is C5H10N3O2. The van der Waals surface area contributed by atoms with Crippen molar-refractivity contribution in [1.82, 2.24) is 16.4 Å². The number of hydrogen-bond acceptors (Lipinski definition) is 2. The van der Waals surface area contributed by atoms with Crippen molar-refractivity contribution in [3.63, 3.8) is 0 Å². The van der Waals surface area contributed by atoms with Gasteiger partial charge in [-0.05, 0) is 0 Å². The van der Waals surface area contributed by atoms with E-state index in [-0.39, 0.29) is 19.0 Å². The van der Waals surface area contributed by atoms with Crippen LogP contribution >= 0.6 is 0 Å². The van der Waals surface area contributed by atoms with Crippen molar-refractivity contribution in [3.8, 4) is 0 Å². The molecular weight excluding hydrogens is 134 g/mol. The maximum atomic E-state index is 10.5. The van der Waals surface area contributed by atoms with Crippen molar-refractivity contribution in [2.24, 2.45) is 0 Å². The second-order valence-corrected chi connectivity index (χ2v) is 1.63. The highest BCUT2D eigenvalue weighted by atomic mass is 16.2. The molecule has 0 unspecified atom stereocenters. The van der Waals surface area contributed by atoms with Gasteiger partial charge >= 0.3 is 0 Å². The number of nitrogens with one attached hydrogen (secondary N) is 3. The molecule has 10 heavy (non-hydrogen) atoms. The summed E-state index contributed by atoms with van der Waals surface area (Å²) in [5.74, 6) is -0.764. The summed E-state index contributed by atoms with van der Waals surface area (Å²) in [6, 6.07) is 0. The largest absolute Gasteiger partial charge is 0.359 e. The molecule has 2 amide bonds. The molecule has 0 rings (SSSR count). The maximum Gasteiger partial charge on any atom is 0.230 e. The van der Waals surface area contributed by atoms with E-state index in [0.717, 1.165) is 0 Å². The third-order valence-electron chi connectivity index (χ3n) is 0.886. The summed E-state index contributed by atoms with van der Waals surface area (Å²) in [4.78, 5) is 21.0. The highest BCUT2D eigenvalue weighted by Gasteiger charge is 2.04. The molecule has 0 fully saturated rings. The van der Waals surface area contributed by atoms with Crippen molar-refractivity contribution < 1.29 is 9.59 Å². The van der Waals surface area contributed by atoms with Gasteiger partial charge < -0.3 is 10.6 Å². The molecule has 0 bridgehead atoms. The Balaban J connectivity index is 3.47. The summed E-state index contributed by atoms with van der Waals surface area (Å²) in [7, 11) is 1.45. The zero-order valence-electron chi connectivity index (χ0n) is 5.73. The fourth-order valence-corrected chi connectivity index (χ4v) is 0.395. The number of rotatable bonds is 3. The highest BCUT2D eigenvalue weighted by Crippen LogP contribution is 1.76. The highest BCUT2D eigenvalue weighted by molar-refractivity contribution is 5.96. The molecule has 0 aliphatic heterocycles. The van der Waals surface area contributed by atoms with Gasteiger partial charge in [0.25, 0.3) is 0 Å². The second kappa shape index (κ2) is 4.75. The van der Waals surface area contributed by atoms with Crippen LogP contribution in [0.4, 0.5) is 0 Å². The summed E-state index contributed by atoms with van der Waals surface area (Å²) in [6.45, 7) is -0.185. The zero-order valence-corrected chi connectivity index (χ0v) is 5.73. The van der Waals surface area contributed by atoms with Crippen LogP contribution in [0.15, 0.2) is 0 Å². The third kappa shape index (κ3) is 3.85. The average molecular weight is 144 g/mol. The van der Waals surface area contributed by atoms with Gasteiger partial charge in [-0.1, -0.05) is 0 Å². The van der Waals surface area contributed by atoms with E-state index in [1.54, 1.807) is 0 Å². The van der Waals surface area contributed by atoms with E-state index in [2.05, 4.69) is 10.6 Å². The molecule has 0 spiro atoms. The van der Waals surface area contributed by atoms with Crippen molar-refractivity contribution in [1.29, 1.82) is 0 Å². The lowest BCUT2D eigenvalue weighted by atomic mass is 10.4. The number of hydrogen-bond donors (Lipinski definition) is 2. The predicted molar refractivity (Wildman–Crippen MR) is 34.8 cm³/mol. The average Bonchev–Trinajstić information content (AvgIpc) is 1.88. The molecule has 0 aliphatic carbocycles. The Hall–Kier alpha value is -1.10. The first-order chi connectivity index (χ1) is 4.70. The molecule has 0 saturated carbocycles. The molecule has 0 aliphatic rings. The first-order valence-corrected chi connectivity index (χ1v) is 2.82. The van der Waals surface area contributed by atoms with E-state index in [1.807, 2.05) is 0 Å². The lowest BCUT2D eigenvalue weighted by Gasteiger charge is -1.98. The van der Waals surface area contributed by atoms with Crippen molar-refractivity contribution in [3.05, 3.63) is 0 Å². The first kappa shape index (κ1) is 8.90. The van der Waals surface area contributed by atoms with Gasteiger partial charge in [0, 0.05) is 7.05 Å². The summed E-state index contributed by atoms with van der Waals surface area (Å²) < 4.78 is 0. The quantitative estimate of drug-likeness (QED) is 0.471. The summed E-state index contributed by atoms with van der Waals surface area (Å²) in [6.07, 6.45) is -0.199. The molecule has 0 atom stereocenters. The van der Waals surface area contributed by atoms with Crippen LogP contribution in [-0.2, 0) is 9.59 Å². The van der Waals surface area contributed by atoms with E-state index in [4.69, 9.17) is 5.73 Å². The molecule has 0 heterocycles. The second-order valence-electron chi connectivity index (χ2n) is 1.63. The fourth-order valence-electron chi connectivity index (χ4n) is 0.395. The van der Waals surface area contributed by atoms with Crippen LogP contribution in [0.3, 0.4) is 0 Å². The fraction of sp³-hybridized carbons (Fsp3) is 0.600. The van der Waals surface area contributed by atoms with Crippen molar-refractivity contribution in [2.75, 3.05) is 13.7 Å². The molecule has 3 N–H and O–H groups in total. The SMILES string of the molecule is CNC(=O)CC(=O)NC[NH]. The lowest BCUT2D eigenvalue weighted by Crippen LogP contribution is -2.30. The molecule has 0 aromatic heterocycles. The number of amides is 2. The Morgan fingerprint density at radius 3 is 2.40 bits per heavy atom. The van der Waals surface area contributed by atoms with Crippen LogP contribution in [0.1, 0.15) is 6.42 Å². The smallest absolute Gasteiger partial charge is 0.230 e. The first-order valence-electron chi connectivity index (χ1n) is 2.82. The summed E-state index contributed by atoms with van der Waals surface area (Å²) in [5, 5.41) is 4.47. The van der Waals surface area contributed by atoms with Gasteiger partial charge in [0.2, 0.25) is 11.8 Å². The van der Waals surface area contributed by atoms with Crippen LogP contribution in [0, 0.1) is 0 Å². The zero-order chi connectivity index (χ0) is 7.98. The van der Waals surface area contributed by atoms with E-state index in [0.29, 0.717) is 0 Å². The number of carbonyl (C=O) groups excluding carboxylic acids is 2. The Morgan fingerprint density at radius 2 is 2.00 bits per heavy atom. The van der Waals surface area contributed by atoms with Gasteiger partial charge in [-0.3, -0.25) is 9.59 Å². The lowest BCUT2D eigenvalue weighted by molar-refractivity contribution is -0.128. The molecule has 1 radical (unpaired) electrons. The molecule has 5 heteroatoms. The topological polar surface area (TPSA) is 82.0 Å². The van der Waals surface area contributed by atoms with Gasteiger partial charge in [0.1, 0.15) is 6.42 Å². The summed E-state index contributed by atoms with van der Waals surface area (Å²) in [5.41, 5.74) is 6.57. The van der Waals surface area contributed by atoms with Crippen LogP contribution in [0.2, 0.25) is 0 Å².